The highest BCUT2D eigenvalue weighted by Crippen LogP contribution is 2.26. The summed E-state index contributed by atoms with van der Waals surface area (Å²) in [6.45, 7) is 7.50. The molecule has 0 aliphatic carbocycles. The molecule has 0 saturated carbocycles. The van der Waals surface area contributed by atoms with E-state index in [-0.39, 0.29) is 4.90 Å². The fourth-order valence-corrected chi connectivity index (χ4v) is 3.43. The van der Waals surface area contributed by atoms with Gasteiger partial charge in [-0.15, -0.1) is 0 Å². The molecule has 0 atom stereocenters. The van der Waals surface area contributed by atoms with Gasteiger partial charge in [0.25, 0.3) is 10.1 Å². The number of nitrogens with one attached hydrogen (secondary N) is 2. The molecule has 140 valence electrons. The molecule has 0 radical (unpaired) electrons. The van der Waals surface area contributed by atoms with E-state index in [9.17, 15) is 13.0 Å². The molecule has 0 amide bonds. The molecule has 4 rings (SSSR count). The van der Waals surface area contributed by atoms with Crippen LogP contribution in [-0.4, -0.2) is 32.9 Å². The second kappa shape index (κ2) is 6.59. The van der Waals surface area contributed by atoms with Crippen molar-refractivity contribution in [2.75, 3.05) is 0 Å². The number of fused-ring (bicyclic) bond motifs is 1. The Bertz CT molecular complexity index is 1290. The van der Waals surface area contributed by atoms with Gasteiger partial charge >= 0.3 is 0 Å². The predicted octanol–water partition coefficient (Wildman–Crippen LogP) is 4.15. The smallest absolute Gasteiger partial charge is 0.294 e. The first-order chi connectivity index (χ1) is 13.4. The van der Waals surface area contributed by atoms with Gasteiger partial charge in [-0.3, -0.25) is 4.55 Å². The number of H-pyrrole nitrogens is 2. The van der Waals surface area contributed by atoms with Crippen LogP contribution in [0.1, 0.15) is 11.4 Å². The van der Waals surface area contributed by atoms with Crippen molar-refractivity contribution in [1.82, 2.24) is 19.9 Å². The first-order valence-corrected chi connectivity index (χ1v) is 9.76. The highest BCUT2D eigenvalue weighted by molar-refractivity contribution is 7.85. The third-order valence-corrected chi connectivity index (χ3v) is 5.19. The van der Waals surface area contributed by atoms with Gasteiger partial charge in [0, 0.05) is 11.1 Å². The molecule has 0 fully saturated rings. The lowest BCUT2D eigenvalue weighted by Crippen LogP contribution is -1.97. The lowest BCUT2D eigenvalue weighted by Gasteiger charge is -2.00. The van der Waals surface area contributed by atoms with Crippen molar-refractivity contribution in [3.8, 4) is 22.8 Å². The first kappa shape index (κ1) is 17.9. The molecule has 28 heavy (non-hydrogen) atoms. The maximum absolute atomic E-state index is 11.3. The minimum absolute atomic E-state index is 0.181. The van der Waals surface area contributed by atoms with Crippen LogP contribution in [0.25, 0.3) is 46.0 Å². The average Bonchev–Trinajstić information content (AvgIpc) is 3.30. The van der Waals surface area contributed by atoms with Gasteiger partial charge in [0.05, 0.1) is 27.3 Å². The van der Waals surface area contributed by atoms with Crippen LogP contribution in [0.3, 0.4) is 0 Å². The molecule has 0 spiro atoms. The lowest BCUT2D eigenvalue weighted by atomic mass is 10.1. The fraction of sp³-hybridized carbons (Fsp3) is 0. The van der Waals surface area contributed by atoms with Gasteiger partial charge in [-0.1, -0.05) is 37.4 Å². The summed E-state index contributed by atoms with van der Waals surface area (Å²) < 4.78 is 31.8. The molecular weight excluding hydrogens is 376 g/mol. The molecule has 3 N–H and O–H groups in total. The molecule has 2 aromatic heterocycles. The zero-order valence-corrected chi connectivity index (χ0v) is 15.5. The van der Waals surface area contributed by atoms with Crippen LogP contribution in [0.2, 0.25) is 0 Å². The van der Waals surface area contributed by atoms with Crippen LogP contribution in [-0.2, 0) is 10.1 Å². The van der Waals surface area contributed by atoms with Crippen LogP contribution in [0.15, 0.2) is 60.5 Å². The fourth-order valence-electron chi connectivity index (χ4n) is 2.92. The number of benzene rings is 2. The Morgan fingerprint density at radius 1 is 0.893 bits per heavy atom. The Balaban J connectivity index is 1.69. The summed E-state index contributed by atoms with van der Waals surface area (Å²) in [6.07, 6.45) is 3.36. The van der Waals surface area contributed by atoms with Crippen LogP contribution in [0.5, 0.6) is 0 Å². The highest BCUT2D eigenvalue weighted by Gasteiger charge is 2.13. The number of hydrogen-bond acceptors (Lipinski definition) is 4. The van der Waals surface area contributed by atoms with E-state index >= 15 is 0 Å². The quantitative estimate of drug-likeness (QED) is 0.442. The normalized spacial score (nSPS) is 11.6. The Kier molecular flexibility index (Phi) is 4.21. The van der Waals surface area contributed by atoms with E-state index < -0.39 is 10.1 Å². The van der Waals surface area contributed by atoms with Gasteiger partial charge in [0.15, 0.2) is 0 Å². The molecule has 2 aromatic carbocycles. The molecule has 0 unspecified atom stereocenters. The minimum Gasteiger partial charge on any atom is -0.338 e. The van der Waals surface area contributed by atoms with Gasteiger partial charge < -0.3 is 9.97 Å². The van der Waals surface area contributed by atoms with E-state index in [4.69, 9.17) is 0 Å². The molecule has 2 heterocycles. The summed E-state index contributed by atoms with van der Waals surface area (Å²) in [5, 5.41) is 0. The summed E-state index contributed by atoms with van der Waals surface area (Å²) in [5.41, 5.74) is 4.38. The van der Waals surface area contributed by atoms with E-state index in [0.717, 1.165) is 22.5 Å². The van der Waals surface area contributed by atoms with E-state index in [2.05, 4.69) is 33.1 Å². The van der Waals surface area contributed by atoms with Crippen molar-refractivity contribution < 1.29 is 13.0 Å². The number of rotatable bonds is 5. The van der Waals surface area contributed by atoms with Crippen molar-refractivity contribution >= 4 is 33.3 Å². The van der Waals surface area contributed by atoms with E-state index in [1.54, 1.807) is 18.2 Å². The number of nitrogens with zero attached hydrogens (tertiary/aromatic N) is 2. The molecule has 7 nitrogen and oxygen atoms in total. The summed E-state index contributed by atoms with van der Waals surface area (Å²) in [7, 11) is -4.26. The van der Waals surface area contributed by atoms with Crippen LogP contribution >= 0.6 is 0 Å². The van der Waals surface area contributed by atoms with Crippen molar-refractivity contribution in [2.24, 2.45) is 0 Å². The van der Waals surface area contributed by atoms with Gasteiger partial charge in [-0.05, 0) is 30.4 Å². The van der Waals surface area contributed by atoms with Crippen LogP contribution in [0, 0.1) is 0 Å². The van der Waals surface area contributed by atoms with Gasteiger partial charge in [0.1, 0.15) is 11.6 Å². The average molecular weight is 392 g/mol. The van der Waals surface area contributed by atoms with Crippen LogP contribution < -0.4 is 0 Å². The maximum Gasteiger partial charge on any atom is 0.294 e. The maximum atomic E-state index is 11.3. The highest BCUT2D eigenvalue weighted by atomic mass is 32.2. The topological polar surface area (TPSA) is 112 Å². The van der Waals surface area contributed by atoms with Crippen molar-refractivity contribution in [2.45, 2.75) is 4.90 Å². The Labute approximate surface area is 161 Å². The van der Waals surface area contributed by atoms with Gasteiger partial charge in [0.2, 0.25) is 0 Å². The van der Waals surface area contributed by atoms with E-state index in [1.807, 2.05) is 24.3 Å². The van der Waals surface area contributed by atoms with E-state index in [0.29, 0.717) is 22.7 Å². The third-order valence-electron chi connectivity index (χ3n) is 4.34. The number of imidazole rings is 2. The summed E-state index contributed by atoms with van der Waals surface area (Å²) >= 11 is 0. The van der Waals surface area contributed by atoms with Gasteiger partial charge in [-0.25, -0.2) is 9.97 Å². The third kappa shape index (κ3) is 3.15. The summed E-state index contributed by atoms with van der Waals surface area (Å²) in [4.78, 5) is 15.1. The van der Waals surface area contributed by atoms with Crippen molar-refractivity contribution in [3.05, 3.63) is 67.0 Å². The number of aromatic nitrogens is 4. The Hall–Kier alpha value is -3.49. The van der Waals surface area contributed by atoms with E-state index in [1.165, 1.54) is 12.1 Å². The standard InChI is InChI=1S/C20H16N4O3S/c1-3-15-16(4-2)22-19(21-15)12-5-7-13(8-6-12)20-23-17-10-9-14(28(25,26)27)11-18(17)24-20/h3-11H,1-2H2,(H,21,22)(H,23,24)(H,25,26,27). The molecule has 0 aliphatic heterocycles. The minimum atomic E-state index is -4.26. The molecule has 0 bridgehead atoms. The van der Waals surface area contributed by atoms with Crippen molar-refractivity contribution in [3.63, 3.8) is 0 Å². The second-order valence-corrected chi connectivity index (χ2v) is 7.53. The first-order valence-electron chi connectivity index (χ1n) is 8.32. The van der Waals surface area contributed by atoms with Crippen LogP contribution in [0.4, 0.5) is 0 Å². The number of aromatic amines is 2. The zero-order chi connectivity index (χ0) is 19.9. The summed E-state index contributed by atoms with van der Waals surface area (Å²) in [6, 6.07) is 11.8. The number of hydrogen-bond donors (Lipinski definition) is 3. The van der Waals surface area contributed by atoms with Gasteiger partial charge in [-0.2, -0.15) is 8.42 Å². The largest absolute Gasteiger partial charge is 0.338 e. The second-order valence-electron chi connectivity index (χ2n) is 6.11. The molecule has 0 aliphatic rings. The molecule has 4 aromatic rings. The molecule has 8 heteroatoms. The monoisotopic (exact) mass is 392 g/mol. The zero-order valence-electron chi connectivity index (χ0n) is 14.7. The Morgan fingerprint density at radius 2 is 1.54 bits per heavy atom. The lowest BCUT2D eigenvalue weighted by molar-refractivity contribution is 0.483. The SMILES string of the molecule is C=Cc1nc(-c2ccc(-c3nc4ccc(S(=O)(=O)O)cc4[nH]3)cc2)[nH]c1C=C. The predicted molar refractivity (Wildman–Crippen MR) is 109 cm³/mol. The molecule has 0 saturated heterocycles. The Morgan fingerprint density at radius 3 is 2.07 bits per heavy atom. The molecular formula is C20H16N4O3S. The van der Waals surface area contributed by atoms with Crippen molar-refractivity contribution in [1.29, 1.82) is 0 Å². The summed E-state index contributed by atoms with van der Waals surface area (Å²) in [5.74, 6) is 1.30.